The lowest BCUT2D eigenvalue weighted by atomic mass is 9.73. The number of hydrogen-bond acceptors (Lipinski definition) is 1. The molecule has 6 heteroatoms. The summed E-state index contributed by atoms with van der Waals surface area (Å²) in [6.45, 7) is 0.668. The number of carbonyl (C=O) groups excluding carboxylic acids is 1. The molecule has 152 valence electrons. The molecular weight excluding hydrogens is 377 g/mol. The van der Waals surface area contributed by atoms with Crippen LogP contribution in [-0.4, -0.2) is 23.5 Å². The summed E-state index contributed by atoms with van der Waals surface area (Å²) < 4.78 is 38.3. The molecule has 1 N–H and O–H groups in total. The lowest BCUT2D eigenvalue weighted by Gasteiger charge is -2.45. The number of rotatable bonds is 2. The first-order valence-electron chi connectivity index (χ1n) is 10.2. The number of alkyl halides is 3. The predicted molar refractivity (Wildman–Crippen MR) is 105 cm³/mol. The van der Waals surface area contributed by atoms with Crippen molar-refractivity contribution in [1.29, 1.82) is 0 Å². The van der Waals surface area contributed by atoms with E-state index >= 15 is 0 Å². The topological polar surface area (TPSA) is 32.3 Å². The van der Waals surface area contributed by atoms with Crippen molar-refractivity contribution in [3.8, 4) is 0 Å². The van der Waals surface area contributed by atoms with E-state index in [4.69, 9.17) is 0 Å². The van der Waals surface area contributed by atoms with Gasteiger partial charge in [0.25, 0.3) is 0 Å². The van der Waals surface area contributed by atoms with Crippen LogP contribution in [-0.2, 0) is 11.6 Å². The summed E-state index contributed by atoms with van der Waals surface area (Å²) in [7, 11) is 0. The van der Waals surface area contributed by atoms with Crippen molar-refractivity contribution < 1.29 is 18.0 Å². The third kappa shape index (κ3) is 3.09. The molecule has 3 unspecified atom stereocenters. The fraction of sp³-hybridized carbons (Fsp3) is 0.435. The molecule has 0 aromatic heterocycles. The number of urea groups is 1. The second-order valence-corrected chi connectivity index (χ2v) is 8.76. The van der Waals surface area contributed by atoms with Crippen LogP contribution < -0.4 is 5.32 Å². The predicted octanol–water partition coefficient (Wildman–Crippen LogP) is 5.68. The highest BCUT2D eigenvalue weighted by Gasteiger charge is 2.58. The van der Waals surface area contributed by atoms with Crippen LogP contribution in [0.2, 0.25) is 0 Å². The smallest absolute Gasteiger partial charge is 0.320 e. The van der Waals surface area contributed by atoms with Crippen LogP contribution in [0.3, 0.4) is 0 Å². The Morgan fingerprint density at radius 3 is 2.41 bits per heavy atom. The van der Waals surface area contributed by atoms with Gasteiger partial charge in [0.05, 0.1) is 5.56 Å². The zero-order chi connectivity index (χ0) is 20.2. The van der Waals surface area contributed by atoms with E-state index in [1.165, 1.54) is 17.7 Å². The van der Waals surface area contributed by atoms with E-state index < -0.39 is 11.7 Å². The van der Waals surface area contributed by atoms with Crippen molar-refractivity contribution in [3.05, 3.63) is 65.7 Å². The summed E-state index contributed by atoms with van der Waals surface area (Å²) >= 11 is 0. The molecule has 29 heavy (non-hydrogen) atoms. The highest BCUT2D eigenvalue weighted by atomic mass is 19.4. The average molecular weight is 400 g/mol. The lowest BCUT2D eigenvalue weighted by molar-refractivity contribution is -0.137. The second-order valence-electron chi connectivity index (χ2n) is 8.76. The maximum absolute atomic E-state index is 13.1. The lowest BCUT2D eigenvalue weighted by Crippen LogP contribution is -2.54. The first-order valence-corrected chi connectivity index (χ1v) is 10.2. The second kappa shape index (κ2) is 6.51. The van der Waals surface area contributed by atoms with Gasteiger partial charge in [0.1, 0.15) is 0 Å². The summed E-state index contributed by atoms with van der Waals surface area (Å²) in [4.78, 5) is 15.1. The van der Waals surface area contributed by atoms with Gasteiger partial charge in [-0.1, -0.05) is 30.3 Å². The number of benzene rings is 2. The minimum absolute atomic E-state index is 0.00893. The molecule has 2 amide bonds. The van der Waals surface area contributed by atoms with Crippen molar-refractivity contribution in [3.63, 3.8) is 0 Å². The van der Waals surface area contributed by atoms with Crippen molar-refractivity contribution in [2.45, 2.75) is 43.3 Å². The monoisotopic (exact) mass is 400 g/mol. The molecule has 1 heterocycles. The number of nitrogens with one attached hydrogen (secondary N) is 1. The largest absolute Gasteiger partial charge is 0.416 e. The van der Waals surface area contributed by atoms with Crippen LogP contribution in [0.15, 0.2) is 54.6 Å². The Morgan fingerprint density at radius 1 is 1.00 bits per heavy atom. The molecule has 0 spiro atoms. The maximum atomic E-state index is 13.1. The zero-order valence-electron chi connectivity index (χ0n) is 16.0. The van der Waals surface area contributed by atoms with Crippen molar-refractivity contribution in [2.75, 3.05) is 11.9 Å². The first-order chi connectivity index (χ1) is 13.9. The molecule has 2 aromatic rings. The van der Waals surface area contributed by atoms with Gasteiger partial charge in [-0.2, -0.15) is 13.2 Å². The molecule has 3 nitrogen and oxygen atoms in total. The quantitative estimate of drug-likeness (QED) is 0.691. The van der Waals surface area contributed by atoms with E-state index in [9.17, 15) is 18.0 Å². The highest BCUT2D eigenvalue weighted by Crippen LogP contribution is 2.59. The summed E-state index contributed by atoms with van der Waals surface area (Å²) in [5.41, 5.74) is 0.961. The molecule has 3 aliphatic rings. The number of nitrogens with zero attached hydrogens (tertiary/aromatic N) is 1. The Morgan fingerprint density at radius 2 is 1.72 bits per heavy atom. The number of hydrogen-bond donors (Lipinski definition) is 1. The first kappa shape index (κ1) is 18.5. The third-order valence-corrected chi connectivity index (χ3v) is 7.20. The van der Waals surface area contributed by atoms with Crippen LogP contribution in [0.25, 0.3) is 0 Å². The van der Waals surface area contributed by atoms with Gasteiger partial charge >= 0.3 is 12.2 Å². The molecule has 5 rings (SSSR count). The van der Waals surface area contributed by atoms with E-state index in [1.54, 1.807) is 0 Å². The Hall–Kier alpha value is -2.50. The van der Waals surface area contributed by atoms with Gasteiger partial charge in [0.15, 0.2) is 0 Å². The number of carbonyl (C=O) groups is 1. The molecule has 1 aliphatic heterocycles. The Kier molecular flexibility index (Phi) is 4.16. The number of piperidine rings is 1. The number of amides is 2. The zero-order valence-corrected chi connectivity index (χ0v) is 16.0. The van der Waals surface area contributed by atoms with E-state index in [0.717, 1.165) is 37.8 Å². The van der Waals surface area contributed by atoms with Crippen LogP contribution in [0.1, 0.15) is 36.8 Å². The molecule has 2 aliphatic carbocycles. The maximum Gasteiger partial charge on any atom is 0.416 e. The SMILES string of the molecule is O=C(Nc1ccc(C(F)(F)F)cc1)N1CC2(c3ccccc3)CC3CC[C@@H]1C3C2. The van der Waals surface area contributed by atoms with E-state index in [2.05, 4.69) is 29.6 Å². The van der Waals surface area contributed by atoms with E-state index in [1.807, 2.05) is 11.0 Å². The molecule has 4 atom stereocenters. The minimum Gasteiger partial charge on any atom is -0.320 e. The molecule has 0 radical (unpaired) electrons. The molecule has 2 aromatic carbocycles. The normalized spacial score (nSPS) is 30.4. The van der Waals surface area contributed by atoms with Crippen molar-refractivity contribution >= 4 is 11.7 Å². The minimum atomic E-state index is -4.38. The van der Waals surface area contributed by atoms with Crippen molar-refractivity contribution in [1.82, 2.24) is 4.90 Å². The summed E-state index contributed by atoms with van der Waals surface area (Å²) in [6.07, 6.45) is 0.0167. The Labute approximate surface area is 167 Å². The van der Waals surface area contributed by atoms with Crippen LogP contribution in [0.5, 0.6) is 0 Å². The molecule has 1 saturated heterocycles. The van der Waals surface area contributed by atoms with E-state index in [0.29, 0.717) is 24.1 Å². The average Bonchev–Trinajstić information content (AvgIpc) is 3.22. The van der Waals surface area contributed by atoms with Crippen LogP contribution in [0.4, 0.5) is 23.7 Å². The number of fused-ring (bicyclic) bond motifs is 1. The van der Waals surface area contributed by atoms with Gasteiger partial charge in [0, 0.05) is 23.7 Å². The van der Waals surface area contributed by atoms with Gasteiger partial charge in [-0.25, -0.2) is 4.79 Å². The standard InChI is InChI=1S/C23H23F3N2O/c24-23(25,26)17-7-9-18(10-8-17)27-21(29)28-14-22(16-4-2-1-3-5-16)12-15-6-11-20(28)19(15)13-22/h1-5,7-10,15,19-20H,6,11-14H2,(H,27,29)/t15?,19?,20-,22?/m1/s1. The summed E-state index contributed by atoms with van der Waals surface area (Å²) in [5.74, 6) is 1.17. The Bertz CT molecular complexity index is 908. The fourth-order valence-electron chi connectivity index (χ4n) is 5.96. The van der Waals surface area contributed by atoms with Gasteiger partial charge < -0.3 is 10.2 Å². The molecule has 2 bridgehead atoms. The number of likely N-dealkylation sites (tertiary alicyclic amines) is 1. The van der Waals surface area contributed by atoms with Crippen molar-refractivity contribution in [2.24, 2.45) is 11.8 Å². The van der Waals surface area contributed by atoms with E-state index in [-0.39, 0.29) is 17.5 Å². The van der Waals surface area contributed by atoms with Gasteiger partial charge in [-0.15, -0.1) is 0 Å². The van der Waals surface area contributed by atoms with Crippen LogP contribution in [0, 0.1) is 11.8 Å². The molecule has 3 fully saturated rings. The molecular formula is C23H23F3N2O. The molecule has 2 saturated carbocycles. The van der Waals surface area contributed by atoms with Gasteiger partial charge in [-0.05, 0) is 67.3 Å². The highest BCUT2D eigenvalue weighted by molar-refractivity contribution is 5.90. The number of halogens is 3. The Balaban J connectivity index is 1.38. The van der Waals surface area contributed by atoms with Gasteiger partial charge in [-0.3, -0.25) is 0 Å². The fourth-order valence-corrected chi connectivity index (χ4v) is 5.96. The number of anilines is 1. The van der Waals surface area contributed by atoms with Crippen LogP contribution >= 0.6 is 0 Å². The third-order valence-electron chi connectivity index (χ3n) is 7.20. The summed E-state index contributed by atoms with van der Waals surface area (Å²) in [6, 6.07) is 15.1. The van der Waals surface area contributed by atoms with Gasteiger partial charge in [0.2, 0.25) is 0 Å². The summed E-state index contributed by atoms with van der Waals surface area (Å²) in [5, 5.41) is 2.83.